The van der Waals surface area contributed by atoms with Gasteiger partial charge in [0, 0.05) is 24.2 Å². The van der Waals surface area contributed by atoms with E-state index in [-0.39, 0.29) is 24.2 Å². The van der Waals surface area contributed by atoms with Crippen molar-refractivity contribution in [3.05, 3.63) is 28.5 Å². The number of amides is 1. The Kier molecular flexibility index (Phi) is 6.45. The lowest BCUT2D eigenvalue weighted by atomic mass is 10.1. The van der Waals surface area contributed by atoms with Crippen molar-refractivity contribution in [3.63, 3.8) is 0 Å². The summed E-state index contributed by atoms with van der Waals surface area (Å²) in [7, 11) is 1.34. The van der Waals surface area contributed by atoms with Crippen molar-refractivity contribution in [2.45, 2.75) is 32.6 Å². The third-order valence-corrected chi connectivity index (χ3v) is 2.93. The van der Waals surface area contributed by atoms with E-state index >= 15 is 0 Å². The molecule has 1 aromatic heterocycles. The summed E-state index contributed by atoms with van der Waals surface area (Å²) in [6.07, 6.45) is 0.819. The Labute approximate surface area is 123 Å². The van der Waals surface area contributed by atoms with Crippen molar-refractivity contribution in [1.29, 1.82) is 0 Å². The Bertz CT molecular complexity index is 489. The molecule has 0 saturated carbocycles. The summed E-state index contributed by atoms with van der Waals surface area (Å²) in [6, 6.07) is 3.26. The van der Waals surface area contributed by atoms with Gasteiger partial charge in [0.1, 0.15) is 5.15 Å². The number of esters is 1. The average Bonchev–Trinajstić information content (AvgIpc) is 2.42. The third kappa shape index (κ3) is 5.17. The van der Waals surface area contributed by atoms with Crippen molar-refractivity contribution in [3.8, 4) is 0 Å². The standard InChI is InChI=1S/C14H19ClN2O3/c1-9(2)11-7-10(8-12(15)17-11)14(19)16-6-4-5-13(18)20-3/h7-9H,4-6H2,1-3H3,(H,16,19). The molecule has 0 aliphatic rings. The first-order valence-corrected chi connectivity index (χ1v) is 6.84. The molecular weight excluding hydrogens is 280 g/mol. The highest BCUT2D eigenvalue weighted by molar-refractivity contribution is 6.29. The van der Waals surface area contributed by atoms with Crippen molar-refractivity contribution < 1.29 is 14.3 Å². The molecule has 1 N–H and O–H groups in total. The molecule has 0 fully saturated rings. The van der Waals surface area contributed by atoms with Crippen molar-refractivity contribution in [2.24, 2.45) is 0 Å². The number of aromatic nitrogens is 1. The second-order valence-corrected chi connectivity index (χ2v) is 5.08. The first-order chi connectivity index (χ1) is 9.43. The van der Waals surface area contributed by atoms with Crippen LogP contribution in [0.1, 0.15) is 48.7 Å². The van der Waals surface area contributed by atoms with Crippen LogP contribution in [0.5, 0.6) is 0 Å². The molecule has 0 atom stereocenters. The highest BCUT2D eigenvalue weighted by Crippen LogP contribution is 2.17. The van der Waals surface area contributed by atoms with Crippen molar-refractivity contribution in [1.82, 2.24) is 10.3 Å². The average molecular weight is 299 g/mol. The molecule has 1 amide bonds. The number of pyridine rings is 1. The maximum atomic E-state index is 12.0. The van der Waals surface area contributed by atoms with E-state index < -0.39 is 0 Å². The fraction of sp³-hybridized carbons (Fsp3) is 0.500. The number of ether oxygens (including phenoxy) is 1. The highest BCUT2D eigenvalue weighted by atomic mass is 35.5. The van der Waals surface area contributed by atoms with Crippen LogP contribution < -0.4 is 5.32 Å². The van der Waals surface area contributed by atoms with Gasteiger partial charge in [-0.2, -0.15) is 0 Å². The van der Waals surface area contributed by atoms with Crippen LogP contribution in [0.3, 0.4) is 0 Å². The molecule has 1 aromatic rings. The lowest BCUT2D eigenvalue weighted by Gasteiger charge is -2.09. The van der Waals surface area contributed by atoms with Gasteiger partial charge in [-0.1, -0.05) is 25.4 Å². The van der Waals surface area contributed by atoms with Gasteiger partial charge in [0.15, 0.2) is 0 Å². The van der Waals surface area contributed by atoms with Crippen LogP contribution in [-0.2, 0) is 9.53 Å². The Hall–Kier alpha value is -1.62. The maximum absolute atomic E-state index is 12.0. The Morgan fingerprint density at radius 1 is 1.40 bits per heavy atom. The normalized spacial score (nSPS) is 10.4. The molecule has 0 saturated heterocycles. The van der Waals surface area contributed by atoms with Crippen LogP contribution in [0.2, 0.25) is 5.15 Å². The second-order valence-electron chi connectivity index (χ2n) is 4.69. The minimum atomic E-state index is -0.284. The summed E-state index contributed by atoms with van der Waals surface area (Å²) in [5.74, 6) is -0.311. The van der Waals surface area contributed by atoms with E-state index in [1.165, 1.54) is 13.2 Å². The summed E-state index contributed by atoms with van der Waals surface area (Å²) >= 11 is 5.91. The predicted octanol–water partition coefficient (Wildman–Crippen LogP) is 2.54. The molecule has 0 aromatic carbocycles. The summed E-state index contributed by atoms with van der Waals surface area (Å²) in [4.78, 5) is 27.1. The van der Waals surface area contributed by atoms with Crippen molar-refractivity contribution >= 4 is 23.5 Å². The lowest BCUT2D eigenvalue weighted by molar-refractivity contribution is -0.140. The first kappa shape index (κ1) is 16.4. The van der Waals surface area contributed by atoms with E-state index in [1.54, 1.807) is 6.07 Å². The van der Waals surface area contributed by atoms with E-state index in [0.717, 1.165) is 5.69 Å². The third-order valence-electron chi connectivity index (χ3n) is 2.74. The molecule has 0 radical (unpaired) electrons. The van der Waals surface area contributed by atoms with Gasteiger partial charge in [0.25, 0.3) is 5.91 Å². The van der Waals surface area contributed by atoms with Crippen LogP contribution in [0.15, 0.2) is 12.1 Å². The van der Waals surface area contributed by atoms with Gasteiger partial charge < -0.3 is 10.1 Å². The SMILES string of the molecule is COC(=O)CCCNC(=O)c1cc(Cl)nc(C(C)C)c1. The Morgan fingerprint density at radius 3 is 2.70 bits per heavy atom. The van der Waals surface area contributed by atoms with Gasteiger partial charge >= 0.3 is 5.97 Å². The zero-order valence-corrected chi connectivity index (χ0v) is 12.7. The molecule has 110 valence electrons. The first-order valence-electron chi connectivity index (χ1n) is 6.46. The fourth-order valence-corrected chi connectivity index (χ4v) is 1.80. The van der Waals surface area contributed by atoms with E-state index in [1.807, 2.05) is 13.8 Å². The number of carbonyl (C=O) groups is 2. The summed E-state index contributed by atoms with van der Waals surface area (Å²) < 4.78 is 4.52. The molecular formula is C14H19ClN2O3. The second kappa shape index (κ2) is 7.85. The summed E-state index contributed by atoms with van der Waals surface area (Å²) in [5.41, 5.74) is 1.25. The van der Waals surface area contributed by atoms with Crippen molar-refractivity contribution in [2.75, 3.05) is 13.7 Å². The Morgan fingerprint density at radius 2 is 2.10 bits per heavy atom. The minimum absolute atomic E-state index is 0.194. The lowest BCUT2D eigenvalue weighted by Crippen LogP contribution is -2.25. The van der Waals surface area contributed by atoms with Gasteiger partial charge in [-0.25, -0.2) is 4.98 Å². The molecule has 0 spiro atoms. The number of nitrogens with zero attached hydrogens (tertiary/aromatic N) is 1. The summed E-state index contributed by atoms with van der Waals surface area (Å²) in [5, 5.41) is 3.04. The number of hydrogen-bond donors (Lipinski definition) is 1. The van der Waals surface area contributed by atoms with Crippen LogP contribution in [0, 0.1) is 0 Å². The topological polar surface area (TPSA) is 68.3 Å². The van der Waals surface area contributed by atoms with Gasteiger partial charge in [0.2, 0.25) is 0 Å². The van der Waals surface area contributed by atoms with Crippen LogP contribution in [0.4, 0.5) is 0 Å². The molecule has 0 aliphatic carbocycles. The molecule has 1 heterocycles. The summed E-state index contributed by atoms with van der Waals surface area (Å²) in [6.45, 7) is 4.37. The molecule has 0 bridgehead atoms. The minimum Gasteiger partial charge on any atom is -0.469 e. The molecule has 0 aliphatic heterocycles. The van der Waals surface area contributed by atoms with E-state index in [2.05, 4.69) is 15.0 Å². The Balaban J connectivity index is 2.57. The molecule has 20 heavy (non-hydrogen) atoms. The van der Waals surface area contributed by atoms with Gasteiger partial charge in [0.05, 0.1) is 7.11 Å². The van der Waals surface area contributed by atoms with Crippen LogP contribution >= 0.6 is 11.6 Å². The molecule has 1 rings (SSSR count). The largest absolute Gasteiger partial charge is 0.469 e. The van der Waals surface area contributed by atoms with Gasteiger partial charge in [-0.15, -0.1) is 0 Å². The van der Waals surface area contributed by atoms with E-state index in [9.17, 15) is 9.59 Å². The zero-order valence-electron chi connectivity index (χ0n) is 11.9. The highest BCUT2D eigenvalue weighted by Gasteiger charge is 2.11. The smallest absolute Gasteiger partial charge is 0.305 e. The van der Waals surface area contributed by atoms with Gasteiger partial charge in [-0.3, -0.25) is 9.59 Å². The zero-order chi connectivity index (χ0) is 15.1. The monoisotopic (exact) mass is 298 g/mol. The number of carbonyl (C=O) groups excluding carboxylic acids is 2. The molecule has 0 unspecified atom stereocenters. The molecule has 6 heteroatoms. The van der Waals surface area contributed by atoms with E-state index in [0.29, 0.717) is 23.7 Å². The number of hydrogen-bond acceptors (Lipinski definition) is 4. The number of nitrogens with one attached hydrogen (secondary N) is 1. The fourth-order valence-electron chi connectivity index (χ4n) is 1.58. The number of methoxy groups -OCH3 is 1. The maximum Gasteiger partial charge on any atom is 0.305 e. The van der Waals surface area contributed by atoms with Crippen LogP contribution in [-0.4, -0.2) is 30.5 Å². The van der Waals surface area contributed by atoms with E-state index in [4.69, 9.17) is 11.6 Å². The number of halogens is 1. The predicted molar refractivity (Wildman–Crippen MR) is 76.9 cm³/mol. The van der Waals surface area contributed by atoms with Gasteiger partial charge in [-0.05, 0) is 24.5 Å². The quantitative estimate of drug-likeness (QED) is 0.498. The van der Waals surface area contributed by atoms with Crippen LogP contribution in [0.25, 0.3) is 0 Å². The molecule has 5 nitrogen and oxygen atoms in total. The number of rotatable bonds is 6.